The second-order valence-electron chi connectivity index (χ2n) is 3.96. The van der Waals surface area contributed by atoms with Crippen molar-refractivity contribution in [1.29, 1.82) is 0 Å². The summed E-state index contributed by atoms with van der Waals surface area (Å²) in [6, 6.07) is 0.795. The van der Waals surface area contributed by atoms with Crippen molar-refractivity contribution in [3.05, 3.63) is 0 Å². The minimum absolute atomic E-state index is 0.00778. The lowest BCUT2D eigenvalue weighted by Crippen LogP contribution is -2.48. The number of ether oxygens (including phenoxy) is 1. The maximum Gasteiger partial charge on any atom is 0.249 e. The summed E-state index contributed by atoms with van der Waals surface area (Å²) in [5, 5.41) is 6.34. The number of carbonyl (C=O) groups excluding carboxylic acids is 1. The van der Waals surface area contributed by atoms with E-state index in [2.05, 4.69) is 17.6 Å². The van der Waals surface area contributed by atoms with Crippen molar-refractivity contribution in [1.82, 2.24) is 10.6 Å². The summed E-state index contributed by atoms with van der Waals surface area (Å²) < 4.78 is 4.95. The highest BCUT2D eigenvalue weighted by Crippen LogP contribution is 2.08. The van der Waals surface area contributed by atoms with Crippen LogP contribution in [0.15, 0.2) is 0 Å². The molecule has 0 aliphatic carbocycles. The third kappa shape index (κ3) is 3.27. The topological polar surface area (TPSA) is 50.4 Å². The summed E-state index contributed by atoms with van der Waals surface area (Å²) >= 11 is 0. The number of hydrogen-bond acceptors (Lipinski definition) is 3. The summed E-state index contributed by atoms with van der Waals surface area (Å²) in [7, 11) is 1.55. The molecule has 1 fully saturated rings. The van der Waals surface area contributed by atoms with Gasteiger partial charge in [-0.25, -0.2) is 0 Å². The minimum atomic E-state index is -0.347. The molecule has 14 heavy (non-hydrogen) atoms. The van der Waals surface area contributed by atoms with Gasteiger partial charge >= 0.3 is 0 Å². The van der Waals surface area contributed by atoms with E-state index in [0.717, 1.165) is 19.4 Å². The highest BCUT2D eigenvalue weighted by atomic mass is 16.5. The van der Waals surface area contributed by atoms with Crippen LogP contribution in [0.3, 0.4) is 0 Å². The molecule has 0 aromatic heterocycles. The fraction of sp³-hybridized carbons (Fsp3) is 0.900. The second-order valence-corrected chi connectivity index (χ2v) is 3.96. The summed E-state index contributed by atoms with van der Waals surface area (Å²) in [4.78, 5) is 11.5. The van der Waals surface area contributed by atoms with E-state index < -0.39 is 0 Å². The molecule has 1 aliphatic rings. The third-order valence-electron chi connectivity index (χ3n) is 2.69. The molecule has 2 N–H and O–H groups in total. The van der Waals surface area contributed by atoms with E-state index in [0.29, 0.717) is 12.1 Å². The van der Waals surface area contributed by atoms with E-state index >= 15 is 0 Å². The number of amides is 1. The molecule has 3 atom stereocenters. The molecule has 1 saturated heterocycles. The highest BCUT2D eigenvalue weighted by molar-refractivity contribution is 5.80. The van der Waals surface area contributed by atoms with Crippen molar-refractivity contribution < 1.29 is 9.53 Å². The maximum atomic E-state index is 11.5. The molecule has 0 bridgehead atoms. The normalized spacial score (nSPS) is 29.6. The van der Waals surface area contributed by atoms with Crippen LogP contribution in [0.25, 0.3) is 0 Å². The molecule has 4 nitrogen and oxygen atoms in total. The Kier molecular flexibility index (Phi) is 4.35. The number of rotatable bonds is 3. The highest BCUT2D eigenvalue weighted by Gasteiger charge is 2.21. The lowest BCUT2D eigenvalue weighted by atomic mass is 10.0. The second kappa shape index (κ2) is 5.32. The first kappa shape index (κ1) is 11.5. The number of piperidine rings is 1. The first-order valence-corrected chi connectivity index (χ1v) is 5.20. The zero-order valence-electron chi connectivity index (χ0n) is 9.17. The standard InChI is InChI=1S/C10H20N2O2/c1-7-6-9(4-5-11-7)12-10(13)8(2)14-3/h7-9,11H,4-6H2,1-3H3,(H,12,13). The Bertz CT molecular complexity index is 197. The Balaban J connectivity index is 2.32. The van der Waals surface area contributed by atoms with Gasteiger partial charge in [0.15, 0.2) is 0 Å². The van der Waals surface area contributed by atoms with Crippen molar-refractivity contribution in [2.24, 2.45) is 0 Å². The van der Waals surface area contributed by atoms with Gasteiger partial charge < -0.3 is 15.4 Å². The predicted octanol–water partition coefficient (Wildman–Crippen LogP) is 0.278. The average Bonchev–Trinajstić information content (AvgIpc) is 2.16. The third-order valence-corrected chi connectivity index (χ3v) is 2.69. The Labute approximate surface area is 85.4 Å². The minimum Gasteiger partial charge on any atom is -0.372 e. The molecular weight excluding hydrogens is 180 g/mol. The van der Waals surface area contributed by atoms with Gasteiger partial charge in [0.1, 0.15) is 6.10 Å². The van der Waals surface area contributed by atoms with Crippen LogP contribution in [-0.4, -0.2) is 37.7 Å². The van der Waals surface area contributed by atoms with E-state index in [1.807, 2.05) is 0 Å². The summed E-state index contributed by atoms with van der Waals surface area (Å²) in [5.74, 6) is -0.00778. The largest absolute Gasteiger partial charge is 0.372 e. The summed E-state index contributed by atoms with van der Waals surface area (Å²) in [5.41, 5.74) is 0. The quantitative estimate of drug-likeness (QED) is 0.688. The van der Waals surface area contributed by atoms with E-state index in [1.54, 1.807) is 14.0 Å². The van der Waals surface area contributed by atoms with Gasteiger partial charge in [0.05, 0.1) is 0 Å². The summed E-state index contributed by atoms with van der Waals surface area (Å²) in [6.07, 6.45) is 1.66. The van der Waals surface area contributed by atoms with E-state index in [-0.39, 0.29) is 12.0 Å². The van der Waals surface area contributed by atoms with Gasteiger partial charge in [0.25, 0.3) is 0 Å². The van der Waals surface area contributed by atoms with E-state index in [4.69, 9.17) is 4.74 Å². The lowest BCUT2D eigenvalue weighted by Gasteiger charge is -2.29. The molecule has 1 amide bonds. The molecule has 3 unspecified atom stereocenters. The van der Waals surface area contributed by atoms with Crippen molar-refractivity contribution in [3.63, 3.8) is 0 Å². The van der Waals surface area contributed by atoms with Crippen LogP contribution >= 0.6 is 0 Å². The Hall–Kier alpha value is -0.610. The van der Waals surface area contributed by atoms with Gasteiger partial charge in [-0.3, -0.25) is 4.79 Å². The molecule has 0 saturated carbocycles. The van der Waals surface area contributed by atoms with Crippen LogP contribution in [0.4, 0.5) is 0 Å². The maximum absolute atomic E-state index is 11.5. The molecule has 0 aromatic rings. The predicted molar refractivity (Wildman–Crippen MR) is 55.1 cm³/mol. The van der Waals surface area contributed by atoms with Crippen LogP contribution in [-0.2, 0) is 9.53 Å². The monoisotopic (exact) mass is 200 g/mol. The first-order chi connectivity index (χ1) is 6.63. The SMILES string of the molecule is COC(C)C(=O)NC1CCNC(C)C1. The molecular formula is C10H20N2O2. The summed E-state index contributed by atoms with van der Waals surface area (Å²) in [6.45, 7) is 4.88. The Morgan fingerprint density at radius 2 is 2.36 bits per heavy atom. The number of methoxy groups -OCH3 is 1. The van der Waals surface area contributed by atoms with Gasteiger partial charge in [-0.15, -0.1) is 0 Å². The van der Waals surface area contributed by atoms with Crippen LogP contribution < -0.4 is 10.6 Å². The Morgan fingerprint density at radius 1 is 1.64 bits per heavy atom. The van der Waals surface area contributed by atoms with Crippen molar-refractivity contribution in [2.75, 3.05) is 13.7 Å². The van der Waals surface area contributed by atoms with Gasteiger partial charge in [-0.2, -0.15) is 0 Å². The Morgan fingerprint density at radius 3 is 2.93 bits per heavy atom. The number of hydrogen-bond donors (Lipinski definition) is 2. The molecule has 1 aliphatic heterocycles. The molecule has 1 heterocycles. The fourth-order valence-corrected chi connectivity index (χ4v) is 1.69. The van der Waals surface area contributed by atoms with E-state index in [1.165, 1.54) is 0 Å². The van der Waals surface area contributed by atoms with Crippen LogP contribution in [0.2, 0.25) is 0 Å². The van der Waals surface area contributed by atoms with Crippen molar-refractivity contribution >= 4 is 5.91 Å². The van der Waals surface area contributed by atoms with Crippen molar-refractivity contribution in [3.8, 4) is 0 Å². The van der Waals surface area contributed by atoms with Crippen LogP contribution in [0.1, 0.15) is 26.7 Å². The molecule has 1 rings (SSSR count). The lowest BCUT2D eigenvalue weighted by molar-refractivity contribution is -0.131. The average molecular weight is 200 g/mol. The number of carbonyl (C=O) groups is 1. The van der Waals surface area contributed by atoms with Crippen LogP contribution in [0.5, 0.6) is 0 Å². The molecule has 82 valence electrons. The van der Waals surface area contributed by atoms with Gasteiger partial charge in [0, 0.05) is 19.2 Å². The van der Waals surface area contributed by atoms with Gasteiger partial charge in [-0.1, -0.05) is 0 Å². The number of nitrogens with one attached hydrogen (secondary N) is 2. The first-order valence-electron chi connectivity index (χ1n) is 5.20. The van der Waals surface area contributed by atoms with Crippen molar-refractivity contribution in [2.45, 2.75) is 44.9 Å². The smallest absolute Gasteiger partial charge is 0.249 e. The fourth-order valence-electron chi connectivity index (χ4n) is 1.69. The van der Waals surface area contributed by atoms with Crippen LogP contribution in [0, 0.1) is 0 Å². The zero-order chi connectivity index (χ0) is 10.6. The zero-order valence-corrected chi connectivity index (χ0v) is 9.17. The van der Waals surface area contributed by atoms with Gasteiger partial charge in [0.2, 0.25) is 5.91 Å². The molecule has 0 spiro atoms. The molecule has 0 radical (unpaired) electrons. The van der Waals surface area contributed by atoms with E-state index in [9.17, 15) is 4.79 Å². The van der Waals surface area contributed by atoms with Gasteiger partial charge in [-0.05, 0) is 33.2 Å². The molecule has 4 heteroatoms. The molecule has 0 aromatic carbocycles.